The van der Waals surface area contributed by atoms with Gasteiger partial charge in [0.15, 0.2) is 0 Å². The number of unbranched alkanes of at least 4 members (excludes halogenated alkanes) is 4. The summed E-state index contributed by atoms with van der Waals surface area (Å²) < 4.78 is 0.554. The maximum atomic E-state index is 10.4. The number of nitrogens with zero attached hydrogens (tertiary/aromatic N) is 1. The van der Waals surface area contributed by atoms with Crippen molar-refractivity contribution in [2.24, 2.45) is 0 Å². The maximum absolute atomic E-state index is 10.4. The van der Waals surface area contributed by atoms with E-state index in [1.54, 1.807) is 0 Å². The first kappa shape index (κ1) is 19.3. The van der Waals surface area contributed by atoms with Gasteiger partial charge in [0.05, 0.1) is 26.4 Å². The number of hydrogen-bond acceptors (Lipinski definition) is 4. The average Bonchev–Trinajstić information content (AvgIpc) is 2.38. The predicted molar refractivity (Wildman–Crippen MR) is 76.3 cm³/mol. The minimum absolute atomic E-state index is 0.0542. The predicted octanol–water partition coefficient (Wildman–Crippen LogP) is 0.205. The summed E-state index contributed by atoms with van der Waals surface area (Å²) in [4.78, 5) is 10.4. The molecule has 4 N–H and O–H groups in total. The van der Waals surface area contributed by atoms with E-state index in [0.29, 0.717) is 24.1 Å². The Morgan fingerprint density at radius 1 is 0.700 bits per heavy atom. The standard InChI is InChI=1S/C14H29NO5/c16-11-8-15(9-12-17,10-13-18)7-5-3-1-2-4-6-14(19)20/h16-18H,1-13H2/p+1. The summed E-state index contributed by atoms with van der Waals surface area (Å²) in [6, 6.07) is 0. The van der Waals surface area contributed by atoms with Crippen molar-refractivity contribution in [2.45, 2.75) is 38.5 Å². The number of aliphatic carboxylic acids is 1. The fourth-order valence-electron chi connectivity index (χ4n) is 2.56. The maximum Gasteiger partial charge on any atom is 0.303 e. The second-order valence-corrected chi connectivity index (χ2v) is 5.32. The fraction of sp³-hybridized carbons (Fsp3) is 0.929. The molecule has 0 bridgehead atoms. The fourth-order valence-corrected chi connectivity index (χ4v) is 2.56. The van der Waals surface area contributed by atoms with E-state index < -0.39 is 5.97 Å². The van der Waals surface area contributed by atoms with E-state index >= 15 is 0 Å². The molecule has 0 aromatic rings. The van der Waals surface area contributed by atoms with Crippen LogP contribution in [-0.4, -0.2) is 76.9 Å². The van der Waals surface area contributed by atoms with Gasteiger partial charge in [-0.1, -0.05) is 12.8 Å². The third kappa shape index (κ3) is 9.25. The molecule has 0 rings (SSSR count). The molecule has 120 valence electrons. The van der Waals surface area contributed by atoms with Crippen LogP contribution in [0.25, 0.3) is 0 Å². The van der Waals surface area contributed by atoms with Crippen molar-refractivity contribution < 1.29 is 29.7 Å². The Labute approximate surface area is 121 Å². The summed E-state index contributed by atoms with van der Waals surface area (Å²) in [5.74, 6) is -0.741. The first-order valence-electron chi connectivity index (χ1n) is 7.49. The number of hydrogen-bond donors (Lipinski definition) is 4. The van der Waals surface area contributed by atoms with Gasteiger partial charge in [-0.3, -0.25) is 4.79 Å². The van der Waals surface area contributed by atoms with Crippen molar-refractivity contribution in [3.8, 4) is 0 Å². The van der Waals surface area contributed by atoms with E-state index in [4.69, 9.17) is 20.4 Å². The van der Waals surface area contributed by atoms with Gasteiger partial charge in [0.25, 0.3) is 0 Å². The van der Waals surface area contributed by atoms with Gasteiger partial charge >= 0.3 is 5.97 Å². The summed E-state index contributed by atoms with van der Waals surface area (Å²) >= 11 is 0. The molecule has 0 aliphatic heterocycles. The number of carboxylic acid groups (broad SMARTS) is 1. The van der Waals surface area contributed by atoms with Gasteiger partial charge in [0.2, 0.25) is 0 Å². The Hall–Kier alpha value is -0.690. The van der Waals surface area contributed by atoms with Crippen LogP contribution in [-0.2, 0) is 4.79 Å². The molecule has 0 fully saturated rings. The minimum atomic E-state index is -0.741. The normalized spacial score (nSPS) is 11.8. The minimum Gasteiger partial charge on any atom is -0.481 e. The lowest BCUT2D eigenvalue weighted by Crippen LogP contribution is -2.53. The highest BCUT2D eigenvalue weighted by Gasteiger charge is 2.25. The molecule has 0 unspecified atom stereocenters. The average molecular weight is 292 g/mol. The van der Waals surface area contributed by atoms with E-state index in [9.17, 15) is 4.79 Å². The molecular weight excluding hydrogens is 262 g/mol. The third-order valence-corrected chi connectivity index (χ3v) is 3.75. The number of rotatable bonds is 14. The highest BCUT2D eigenvalue weighted by atomic mass is 16.4. The van der Waals surface area contributed by atoms with Crippen molar-refractivity contribution in [3.63, 3.8) is 0 Å². The Morgan fingerprint density at radius 2 is 1.15 bits per heavy atom. The van der Waals surface area contributed by atoms with Crippen LogP contribution in [0, 0.1) is 0 Å². The molecule has 20 heavy (non-hydrogen) atoms. The molecule has 0 aromatic heterocycles. The highest BCUT2D eigenvalue weighted by Crippen LogP contribution is 2.12. The zero-order valence-electron chi connectivity index (χ0n) is 12.3. The summed E-state index contributed by atoms with van der Waals surface area (Å²) in [7, 11) is 0. The van der Waals surface area contributed by atoms with Crippen molar-refractivity contribution >= 4 is 5.97 Å². The smallest absolute Gasteiger partial charge is 0.303 e. The van der Waals surface area contributed by atoms with Gasteiger partial charge in [0, 0.05) is 6.42 Å². The molecule has 0 heterocycles. The van der Waals surface area contributed by atoms with E-state index in [1.807, 2.05) is 0 Å². The Morgan fingerprint density at radius 3 is 1.60 bits per heavy atom. The molecular formula is C14H30NO5+. The molecule has 0 saturated heterocycles. The first-order chi connectivity index (χ1) is 9.60. The molecule has 0 amide bonds. The van der Waals surface area contributed by atoms with Crippen LogP contribution >= 0.6 is 0 Å². The quantitative estimate of drug-likeness (QED) is 0.271. The number of quaternary nitrogens is 1. The summed E-state index contributed by atoms with van der Waals surface area (Å²) in [6.07, 6.45) is 4.87. The SMILES string of the molecule is O=C(O)CCCCCCC[N+](CCO)(CCO)CCO. The van der Waals surface area contributed by atoms with Gasteiger partial charge in [-0.15, -0.1) is 0 Å². The van der Waals surface area contributed by atoms with Crippen molar-refractivity contribution in [2.75, 3.05) is 46.0 Å². The number of carboxylic acids is 1. The second-order valence-electron chi connectivity index (χ2n) is 5.32. The van der Waals surface area contributed by atoms with Crippen LogP contribution in [0.3, 0.4) is 0 Å². The molecule has 0 spiro atoms. The van der Waals surface area contributed by atoms with Crippen LogP contribution in [0.2, 0.25) is 0 Å². The lowest BCUT2D eigenvalue weighted by atomic mass is 10.1. The Kier molecular flexibility index (Phi) is 11.7. The molecule has 6 heteroatoms. The number of aliphatic hydroxyl groups excluding tert-OH is 3. The zero-order chi connectivity index (χ0) is 15.3. The Bertz CT molecular complexity index is 231. The summed E-state index contributed by atoms with van der Waals surface area (Å²) in [5, 5.41) is 36.0. The molecule has 0 aliphatic carbocycles. The molecule has 0 saturated carbocycles. The van der Waals surface area contributed by atoms with E-state index in [0.717, 1.165) is 38.6 Å². The van der Waals surface area contributed by atoms with E-state index in [2.05, 4.69) is 0 Å². The first-order valence-corrected chi connectivity index (χ1v) is 7.49. The van der Waals surface area contributed by atoms with Crippen molar-refractivity contribution in [1.29, 1.82) is 0 Å². The number of aliphatic hydroxyl groups is 3. The molecule has 6 nitrogen and oxygen atoms in total. The third-order valence-electron chi connectivity index (χ3n) is 3.75. The number of carbonyl (C=O) groups is 1. The van der Waals surface area contributed by atoms with Crippen LogP contribution < -0.4 is 0 Å². The van der Waals surface area contributed by atoms with Crippen LogP contribution in [0.5, 0.6) is 0 Å². The lowest BCUT2D eigenvalue weighted by molar-refractivity contribution is -0.929. The van der Waals surface area contributed by atoms with Crippen LogP contribution in [0.4, 0.5) is 0 Å². The van der Waals surface area contributed by atoms with Gasteiger partial charge in [-0.25, -0.2) is 0 Å². The molecule has 0 aromatic carbocycles. The molecule has 0 atom stereocenters. The Balaban J connectivity index is 3.91. The monoisotopic (exact) mass is 292 g/mol. The van der Waals surface area contributed by atoms with E-state index in [-0.39, 0.29) is 26.2 Å². The largest absolute Gasteiger partial charge is 0.481 e. The van der Waals surface area contributed by atoms with E-state index in [1.165, 1.54) is 0 Å². The highest BCUT2D eigenvalue weighted by molar-refractivity contribution is 5.66. The van der Waals surface area contributed by atoms with Gasteiger partial charge in [-0.05, 0) is 19.3 Å². The summed E-state index contributed by atoms with van der Waals surface area (Å²) in [5.41, 5.74) is 0. The van der Waals surface area contributed by atoms with Crippen molar-refractivity contribution in [1.82, 2.24) is 0 Å². The lowest BCUT2D eigenvalue weighted by Gasteiger charge is -2.37. The van der Waals surface area contributed by atoms with Crippen molar-refractivity contribution in [3.05, 3.63) is 0 Å². The van der Waals surface area contributed by atoms with Gasteiger partial charge in [-0.2, -0.15) is 0 Å². The van der Waals surface area contributed by atoms with Crippen LogP contribution in [0.1, 0.15) is 38.5 Å². The zero-order valence-corrected chi connectivity index (χ0v) is 12.3. The van der Waals surface area contributed by atoms with Gasteiger partial charge < -0.3 is 24.9 Å². The molecule has 0 aliphatic rings. The topological polar surface area (TPSA) is 98.0 Å². The van der Waals surface area contributed by atoms with Gasteiger partial charge in [0.1, 0.15) is 19.6 Å². The second kappa shape index (κ2) is 12.1. The molecule has 0 radical (unpaired) electrons. The van der Waals surface area contributed by atoms with Crippen LogP contribution in [0.15, 0.2) is 0 Å². The summed E-state index contributed by atoms with van der Waals surface area (Å²) in [6.45, 7) is 2.66.